The molecule has 5 heteroatoms. The smallest absolute Gasteiger partial charge is 0.317 e. The van der Waals surface area contributed by atoms with Gasteiger partial charge in [0.2, 0.25) is 0 Å². The molecule has 0 aliphatic heterocycles. The molecule has 0 unspecified atom stereocenters. The molecule has 24 heavy (non-hydrogen) atoms. The normalized spacial score (nSPS) is 10.7. The third-order valence-corrected chi connectivity index (χ3v) is 4.11. The molecular weight excluding hydrogens is 308 g/mol. The van der Waals surface area contributed by atoms with E-state index in [1.54, 1.807) is 0 Å². The summed E-state index contributed by atoms with van der Waals surface area (Å²) in [7, 11) is 0. The van der Waals surface area contributed by atoms with Gasteiger partial charge in [0.1, 0.15) is 6.42 Å². The molecule has 0 aromatic carbocycles. The first-order chi connectivity index (χ1) is 11.7. The van der Waals surface area contributed by atoms with Crippen molar-refractivity contribution in [2.45, 2.75) is 96.3 Å². The number of hydrogen-bond donors (Lipinski definition) is 2. The topological polar surface area (TPSA) is 83.8 Å². The highest BCUT2D eigenvalue weighted by Gasteiger charge is 2.07. The fourth-order valence-corrected chi connectivity index (χ4v) is 2.70. The Balaban J connectivity index is 3.07. The summed E-state index contributed by atoms with van der Waals surface area (Å²) in [5.41, 5.74) is 0. The number of esters is 1. The standard InChI is InChI=1S/C19H36O5/c20-15-13-11-9-7-5-3-1-2-4-6-8-10-12-14-16-24-19(23)17-18(21)22/h20H,1-17H2,(H,21,22). The highest BCUT2D eigenvalue weighted by molar-refractivity contribution is 5.90. The largest absolute Gasteiger partial charge is 0.481 e. The number of hydrogen-bond acceptors (Lipinski definition) is 4. The summed E-state index contributed by atoms with van der Waals surface area (Å²) in [4.78, 5) is 21.3. The lowest BCUT2D eigenvalue weighted by molar-refractivity contribution is -0.151. The molecule has 0 aliphatic rings. The molecule has 0 aromatic rings. The lowest BCUT2D eigenvalue weighted by Gasteiger charge is -2.04. The van der Waals surface area contributed by atoms with Crippen LogP contribution in [0.2, 0.25) is 0 Å². The number of carboxylic acids is 1. The average Bonchev–Trinajstić information content (AvgIpc) is 2.53. The van der Waals surface area contributed by atoms with Crippen LogP contribution in [-0.2, 0) is 14.3 Å². The van der Waals surface area contributed by atoms with Gasteiger partial charge in [-0.25, -0.2) is 0 Å². The van der Waals surface area contributed by atoms with Crippen molar-refractivity contribution in [3.05, 3.63) is 0 Å². The number of aliphatic hydroxyl groups is 1. The Hall–Kier alpha value is -1.10. The Bertz CT molecular complexity index is 304. The maximum atomic E-state index is 11.0. The van der Waals surface area contributed by atoms with E-state index in [-0.39, 0.29) is 0 Å². The van der Waals surface area contributed by atoms with Crippen LogP contribution in [0.3, 0.4) is 0 Å². The summed E-state index contributed by atoms with van der Waals surface area (Å²) in [5.74, 6) is -1.78. The van der Waals surface area contributed by atoms with Crippen molar-refractivity contribution in [3.8, 4) is 0 Å². The van der Waals surface area contributed by atoms with Crippen LogP contribution >= 0.6 is 0 Å². The number of ether oxygens (including phenoxy) is 1. The van der Waals surface area contributed by atoms with Gasteiger partial charge >= 0.3 is 11.9 Å². The van der Waals surface area contributed by atoms with E-state index in [0.717, 1.165) is 32.1 Å². The zero-order valence-electron chi connectivity index (χ0n) is 15.1. The molecule has 0 heterocycles. The van der Waals surface area contributed by atoms with Crippen molar-refractivity contribution < 1.29 is 24.5 Å². The van der Waals surface area contributed by atoms with Crippen LogP contribution in [0.25, 0.3) is 0 Å². The Kier molecular flexibility index (Phi) is 17.4. The molecule has 0 rings (SSSR count). The van der Waals surface area contributed by atoms with Gasteiger partial charge in [-0.2, -0.15) is 0 Å². The first-order valence-electron chi connectivity index (χ1n) is 9.65. The molecule has 0 amide bonds. The maximum absolute atomic E-state index is 11.0. The van der Waals surface area contributed by atoms with Gasteiger partial charge < -0.3 is 14.9 Å². The minimum Gasteiger partial charge on any atom is -0.481 e. The van der Waals surface area contributed by atoms with Crippen molar-refractivity contribution in [3.63, 3.8) is 0 Å². The van der Waals surface area contributed by atoms with E-state index in [2.05, 4.69) is 0 Å². The van der Waals surface area contributed by atoms with Crippen molar-refractivity contribution in [2.75, 3.05) is 13.2 Å². The Morgan fingerprint density at radius 1 is 0.625 bits per heavy atom. The molecule has 142 valence electrons. The first-order valence-corrected chi connectivity index (χ1v) is 9.65. The zero-order chi connectivity index (χ0) is 17.9. The number of aliphatic hydroxyl groups excluding tert-OH is 1. The number of carboxylic acid groups (broad SMARTS) is 1. The molecule has 0 aliphatic carbocycles. The van der Waals surface area contributed by atoms with E-state index >= 15 is 0 Å². The maximum Gasteiger partial charge on any atom is 0.317 e. The fraction of sp³-hybridized carbons (Fsp3) is 0.895. The summed E-state index contributed by atoms with van der Waals surface area (Å²) >= 11 is 0. The van der Waals surface area contributed by atoms with Gasteiger partial charge in [-0.3, -0.25) is 9.59 Å². The van der Waals surface area contributed by atoms with Gasteiger partial charge in [-0.1, -0.05) is 77.0 Å². The van der Waals surface area contributed by atoms with Crippen molar-refractivity contribution >= 4 is 11.9 Å². The van der Waals surface area contributed by atoms with E-state index < -0.39 is 18.4 Å². The van der Waals surface area contributed by atoms with Gasteiger partial charge in [0.25, 0.3) is 0 Å². The third kappa shape index (κ3) is 18.9. The lowest BCUT2D eigenvalue weighted by Crippen LogP contribution is -2.11. The molecule has 0 saturated carbocycles. The van der Waals surface area contributed by atoms with Gasteiger partial charge in [0.05, 0.1) is 6.61 Å². The number of aliphatic carboxylic acids is 1. The molecule has 2 N–H and O–H groups in total. The summed E-state index contributed by atoms with van der Waals surface area (Å²) in [5, 5.41) is 17.1. The molecule has 5 nitrogen and oxygen atoms in total. The van der Waals surface area contributed by atoms with Crippen LogP contribution in [0.5, 0.6) is 0 Å². The van der Waals surface area contributed by atoms with Crippen molar-refractivity contribution in [1.82, 2.24) is 0 Å². The van der Waals surface area contributed by atoms with Crippen LogP contribution in [0.4, 0.5) is 0 Å². The van der Waals surface area contributed by atoms with Gasteiger partial charge in [0.15, 0.2) is 0 Å². The summed E-state index contributed by atoms with van der Waals surface area (Å²) in [6.45, 7) is 0.667. The highest BCUT2D eigenvalue weighted by Crippen LogP contribution is 2.12. The Labute approximate surface area is 146 Å². The van der Waals surface area contributed by atoms with E-state index in [4.69, 9.17) is 14.9 Å². The summed E-state index contributed by atoms with van der Waals surface area (Å²) in [6.07, 6.45) is 16.3. The van der Waals surface area contributed by atoms with Crippen LogP contribution in [0.1, 0.15) is 96.3 Å². The predicted octanol–water partition coefficient (Wildman–Crippen LogP) is 4.46. The molecule has 0 radical (unpaired) electrons. The van der Waals surface area contributed by atoms with E-state index in [0.29, 0.717) is 13.2 Å². The fourth-order valence-electron chi connectivity index (χ4n) is 2.70. The van der Waals surface area contributed by atoms with Gasteiger partial charge in [-0.15, -0.1) is 0 Å². The second kappa shape index (κ2) is 18.2. The van der Waals surface area contributed by atoms with E-state index in [1.807, 2.05) is 0 Å². The SMILES string of the molecule is O=C(O)CC(=O)OCCCCCCCCCCCCCCCCO. The van der Waals surface area contributed by atoms with Crippen LogP contribution in [-0.4, -0.2) is 35.4 Å². The lowest BCUT2D eigenvalue weighted by atomic mass is 10.0. The van der Waals surface area contributed by atoms with Crippen LogP contribution in [0.15, 0.2) is 0 Å². The average molecular weight is 344 g/mol. The van der Waals surface area contributed by atoms with Crippen molar-refractivity contribution in [2.24, 2.45) is 0 Å². The Morgan fingerprint density at radius 3 is 1.38 bits per heavy atom. The minimum absolute atomic E-state index is 0.329. The third-order valence-electron chi connectivity index (χ3n) is 4.11. The van der Waals surface area contributed by atoms with Gasteiger partial charge in [0, 0.05) is 6.61 Å². The zero-order valence-corrected chi connectivity index (χ0v) is 15.1. The predicted molar refractivity (Wildman–Crippen MR) is 94.9 cm³/mol. The number of carbonyl (C=O) groups is 2. The molecule has 0 fully saturated rings. The highest BCUT2D eigenvalue weighted by atomic mass is 16.5. The minimum atomic E-state index is -1.14. The monoisotopic (exact) mass is 344 g/mol. The van der Waals surface area contributed by atoms with Gasteiger partial charge in [-0.05, 0) is 12.8 Å². The summed E-state index contributed by atoms with van der Waals surface area (Å²) in [6, 6.07) is 0. The Morgan fingerprint density at radius 2 is 1.00 bits per heavy atom. The number of unbranched alkanes of at least 4 members (excludes halogenated alkanes) is 13. The van der Waals surface area contributed by atoms with Crippen LogP contribution in [0, 0.1) is 0 Å². The first kappa shape index (κ1) is 22.9. The number of carbonyl (C=O) groups excluding carboxylic acids is 1. The molecule has 0 saturated heterocycles. The van der Waals surface area contributed by atoms with E-state index in [9.17, 15) is 9.59 Å². The van der Waals surface area contributed by atoms with E-state index in [1.165, 1.54) is 57.8 Å². The molecule has 0 spiro atoms. The molecular formula is C19H36O5. The molecule has 0 atom stereocenters. The van der Waals surface area contributed by atoms with Crippen molar-refractivity contribution in [1.29, 1.82) is 0 Å². The second-order valence-corrected chi connectivity index (χ2v) is 6.46. The quantitative estimate of drug-likeness (QED) is 0.218. The molecule has 0 bridgehead atoms. The molecule has 0 aromatic heterocycles. The van der Waals surface area contributed by atoms with Crippen LogP contribution < -0.4 is 0 Å². The summed E-state index contributed by atoms with van der Waals surface area (Å²) < 4.78 is 4.83. The second-order valence-electron chi connectivity index (χ2n) is 6.46. The number of rotatable bonds is 18.